The van der Waals surface area contributed by atoms with E-state index < -0.39 is 37.1 Å². The monoisotopic (exact) mass is 712 g/mol. The van der Waals surface area contributed by atoms with Gasteiger partial charge in [0.15, 0.2) is 12.5 Å². The Morgan fingerprint density at radius 2 is 1.08 bits per heavy atom. The second kappa shape index (κ2) is 16.3. The van der Waals surface area contributed by atoms with Crippen LogP contribution in [0.3, 0.4) is 0 Å². The van der Waals surface area contributed by atoms with Crippen molar-refractivity contribution in [2.75, 3.05) is 27.2 Å². The average molecular weight is 713 g/mol. The van der Waals surface area contributed by atoms with E-state index in [-0.39, 0.29) is 11.5 Å². The van der Waals surface area contributed by atoms with E-state index >= 15 is 0 Å². The molecule has 16 heteroatoms. The van der Waals surface area contributed by atoms with Gasteiger partial charge < -0.3 is 28.9 Å². The van der Waals surface area contributed by atoms with Crippen molar-refractivity contribution in [2.45, 2.75) is 64.7 Å². The first-order valence-electron chi connectivity index (χ1n) is 15.8. The molecule has 2 aromatic heterocycles. The highest BCUT2D eigenvalue weighted by molar-refractivity contribution is 5.91. The van der Waals surface area contributed by atoms with Gasteiger partial charge in [-0.2, -0.15) is 0 Å². The number of fused-ring (bicyclic) bond motifs is 2. The first-order valence-corrected chi connectivity index (χ1v) is 15.8. The molecule has 2 N–H and O–H groups in total. The minimum Gasteiger partial charge on any atom is -0.443 e. The van der Waals surface area contributed by atoms with Crippen molar-refractivity contribution in [1.29, 1.82) is 0 Å². The zero-order valence-corrected chi connectivity index (χ0v) is 27.8. The number of nitrogens with zero attached hydrogens (tertiary/aromatic N) is 2. The first kappa shape index (κ1) is 38.1. The van der Waals surface area contributed by atoms with E-state index in [1.54, 1.807) is 36.3 Å². The average Bonchev–Trinajstić information content (AvgIpc) is 3.64. The topological polar surface area (TPSA) is 109 Å². The molecule has 0 saturated heterocycles. The maximum absolute atomic E-state index is 12.7. The summed E-state index contributed by atoms with van der Waals surface area (Å²) in [5.74, 6) is -2.19. The Morgan fingerprint density at radius 1 is 0.700 bits per heavy atom. The molecule has 272 valence electrons. The van der Waals surface area contributed by atoms with Crippen LogP contribution < -0.4 is 9.47 Å². The van der Waals surface area contributed by atoms with Gasteiger partial charge in [0.1, 0.15) is 11.5 Å². The molecule has 2 unspecified atom stereocenters. The van der Waals surface area contributed by atoms with E-state index in [0.29, 0.717) is 60.6 Å². The van der Waals surface area contributed by atoms with Crippen LogP contribution in [-0.4, -0.2) is 84.1 Å². The molecule has 10 nitrogen and oxygen atoms in total. The van der Waals surface area contributed by atoms with Crippen molar-refractivity contribution < 1.29 is 54.9 Å². The molecule has 0 bridgehead atoms. The van der Waals surface area contributed by atoms with Gasteiger partial charge in [0.25, 0.3) is 0 Å². The summed E-state index contributed by atoms with van der Waals surface area (Å²) in [4.78, 5) is 34.7. The number of aromatic nitrogens is 2. The standard InChI is InChI=1S/C34H38F6N4O6/c1-5-29(43(3)15-13-21-19-41-27-9-7-23(17-25(21)27)49-33(35,36)37)47-31(45)11-12-32(46)48-30(6-2)44(4)16-14-22-20-42-28-10-8-24(18-26(22)28)50-34(38,39)40/h7-12,17-20,29-30,41-42H,5-6,13-16H2,1-4H3/b12-11+. The lowest BCUT2D eigenvalue weighted by Gasteiger charge is -2.26. The molecule has 0 fully saturated rings. The molecule has 50 heavy (non-hydrogen) atoms. The number of hydrogen-bond acceptors (Lipinski definition) is 8. The zero-order valence-electron chi connectivity index (χ0n) is 27.8. The highest BCUT2D eigenvalue weighted by Crippen LogP contribution is 2.30. The number of aromatic amines is 2. The summed E-state index contributed by atoms with van der Waals surface area (Å²) in [5.41, 5.74) is 2.81. The van der Waals surface area contributed by atoms with Crippen LogP contribution in [0.1, 0.15) is 37.8 Å². The minimum absolute atomic E-state index is 0.327. The fourth-order valence-corrected chi connectivity index (χ4v) is 5.46. The number of nitrogens with one attached hydrogen (secondary N) is 2. The van der Waals surface area contributed by atoms with E-state index in [9.17, 15) is 35.9 Å². The highest BCUT2D eigenvalue weighted by atomic mass is 19.4. The van der Waals surface area contributed by atoms with Crippen LogP contribution in [0.5, 0.6) is 11.5 Å². The Hall–Kier alpha value is -4.70. The number of rotatable bonds is 16. The normalized spacial score (nSPS) is 13.8. The van der Waals surface area contributed by atoms with Gasteiger partial charge in [-0.1, -0.05) is 13.8 Å². The van der Waals surface area contributed by atoms with Crippen LogP contribution in [0, 0.1) is 0 Å². The minimum atomic E-state index is -4.81. The van der Waals surface area contributed by atoms with Gasteiger partial charge in [0, 0.05) is 59.4 Å². The Kier molecular flexibility index (Phi) is 12.5. The predicted molar refractivity (Wildman–Crippen MR) is 172 cm³/mol. The van der Waals surface area contributed by atoms with Gasteiger partial charge in [-0.25, -0.2) is 9.59 Å². The molecule has 0 saturated carbocycles. The zero-order chi connectivity index (χ0) is 36.6. The Labute approximate surface area is 283 Å². The van der Waals surface area contributed by atoms with Gasteiger partial charge >= 0.3 is 24.7 Å². The van der Waals surface area contributed by atoms with Gasteiger partial charge in [-0.15, -0.1) is 26.3 Å². The summed E-state index contributed by atoms with van der Waals surface area (Å²) in [6.07, 6.45) is -3.85. The smallest absolute Gasteiger partial charge is 0.443 e. The number of H-pyrrole nitrogens is 2. The maximum atomic E-state index is 12.7. The molecule has 4 rings (SSSR count). The van der Waals surface area contributed by atoms with Crippen LogP contribution in [-0.2, 0) is 31.9 Å². The largest absolute Gasteiger partial charge is 0.573 e. The lowest BCUT2D eigenvalue weighted by Crippen LogP contribution is -2.37. The third kappa shape index (κ3) is 10.9. The molecule has 2 atom stereocenters. The summed E-state index contributed by atoms with van der Waals surface area (Å²) < 4.78 is 95.2. The second-order valence-electron chi connectivity index (χ2n) is 11.5. The fourth-order valence-electron chi connectivity index (χ4n) is 5.46. The van der Waals surface area contributed by atoms with E-state index in [1.165, 1.54) is 36.4 Å². The SMILES string of the molecule is CCC(OC(=O)/C=C/C(=O)OC(CC)N(C)CCc1c[nH]c2ccc(OC(F)(F)F)cc12)N(C)CCc1c[nH]c2ccc(OC(F)(F)F)cc12. The molecular weight excluding hydrogens is 674 g/mol. The molecule has 0 aliphatic carbocycles. The number of alkyl halides is 6. The lowest BCUT2D eigenvalue weighted by atomic mass is 10.1. The Bertz CT molecular complexity index is 1660. The summed E-state index contributed by atoms with van der Waals surface area (Å²) in [5, 5.41) is 1.16. The van der Waals surface area contributed by atoms with E-state index in [0.717, 1.165) is 23.3 Å². The van der Waals surface area contributed by atoms with Crippen molar-refractivity contribution in [1.82, 2.24) is 19.8 Å². The third-order valence-corrected chi connectivity index (χ3v) is 7.95. The lowest BCUT2D eigenvalue weighted by molar-refractivity contribution is -0.275. The van der Waals surface area contributed by atoms with Crippen molar-refractivity contribution in [3.63, 3.8) is 0 Å². The van der Waals surface area contributed by atoms with Crippen molar-refractivity contribution in [3.8, 4) is 11.5 Å². The molecule has 2 heterocycles. The molecule has 0 spiro atoms. The van der Waals surface area contributed by atoms with Gasteiger partial charge in [0.05, 0.1) is 0 Å². The highest BCUT2D eigenvalue weighted by Gasteiger charge is 2.32. The molecule has 0 radical (unpaired) electrons. The number of esters is 2. The van der Waals surface area contributed by atoms with Crippen LogP contribution in [0.2, 0.25) is 0 Å². The summed E-state index contributed by atoms with van der Waals surface area (Å²) in [6, 6.07) is 8.09. The van der Waals surface area contributed by atoms with Crippen molar-refractivity contribution >= 4 is 33.7 Å². The van der Waals surface area contributed by atoms with Gasteiger partial charge in [-0.05, 0) is 87.3 Å². The van der Waals surface area contributed by atoms with E-state index in [2.05, 4.69) is 19.4 Å². The number of halogens is 6. The Balaban J connectivity index is 1.26. The van der Waals surface area contributed by atoms with Crippen LogP contribution >= 0.6 is 0 Å². The maximum Gasteiger partial charge on any atom is 0.573 e. The fraction of sp³-hybridized carbons (Fsp3) is 0.412. The number of ether oxygens (including phenoxy) is 4. The molecule has 2 aromatic carbocycles. The van der Waals surface area contributed by atoms with Crippen LogP contribution in [0.4, 0.5) is 26.3 Å². The van der Waals surface area contributed by atoms with Crippen LogP contribution in [0.15, 0.2) is 60.9 Å². The van der Waals surface area contributed by atoms with Crippen molar-refractivity contribution in [2.24, 2.45) is 0 Å². The van der Waals surface area contributed by atoms with E-state index in [1.807, 2.05) is 13.8 Å². The summed E-state index contributed by atoms with van der Waals surface area (Å²) in [6.45, 7) is 4.43. The predicted octanol–water partition coefficient (Wildman–Crippen LogP) is 7.21. The molecule has 0 aliphatic rings. The molecular formula is C34H38F6N4O6. The van der Waals surface area contributed by atoms with Gasteiger partial charge in [0.2, 0.25) is 0 Å². The second-order valence-corrected chi connectivity index (χ2v) is 11.5. The van der Waals surface area contributed by atoms with Gasteiger partial charge in [-0.3, -0.25) is 9.80 Å². The number of carbonyl (C=O) groups is 2. The Morgan fingerprint density at radius 3 is 1.42 bits per heavy atom. The van der Waals surface area contributed by atoms with E-state index in [4.69, 9.17) is 9.47 Å². The molecule has 0 aliphatic heterocycles. The van der Waals surface area contributed by atoms with Crippen molar-refractivity contribution in [3.05, 3.63) is 72.1 Å². The third-order valence-electron chi connectivity index (χ3n) is 7.95. The number of likely N-dealkylation sites (N-methyl/N-ethyl adjacent to an activating group) is 2. The first-order chi connectivity index (χ1) is 23.5. The quantitative estimate of drug-likeness (QED) is 0.0543. The summed E-state index contributed by atoms with van der Waals surface area (Å²) >= 11 is 0. The van der Waals surface area contributed by atoms with Crippen LogP contribution in [0.25, 0.3) is 21.8 Å². The molecule has 0 amide bonds. The number of carbonyl (C=O) groups excluding carboxylic acids is 2. The number of benzene rings is 2. The summed E-state index contributed by atoms with van der Waals surface area (Å²) in [7, 11) is 3.47. The number of hydrogen-bond donors (Lipinski definition) is 2. The molecule has 4 aromatic rings.